The lowest BCUT2D eigenvalue weighted by Crippen LogP contribution is -2.57. The second-order valence-electron chi connectivity index (χ2n) is 8.70. The first-order valence-electron chi connectivity index (χ1n) is 11.1. The molecular weight excluding hydrogens is 439 g/mol. The van der Waals surface area contributed by atoms with Crippen LogP contribution in [0.2, 0.25) is 0 Å². The van der Waals surface area contributed by atoms with Crippen LogP contribution in [0.4, 0.5) is 9.18 Å². The Labute approximate surface area is 195 Å². The van der Waals surface area contributed by atoms with E-state index in [1.165, 1.54) is 10.9 Å². The lowest BCUT2D eigenvalue weighted by molar-refractivity contribution is -0.126. The molecule has 2 aromatic carbocycles. The van der Waals surface area contributed by atoms with Gasteiger partial charge in [0.05, 0.1) is 0 Å². The molecule has 1 unspecified atom stereocenters. The van der Waals surface area contributed by atoms with E-state index in [9.17, 15) is 14.0 Å². The van der Waals surface area contributed by atoms with E-state index < -0.39 is 11.6 Å². The van der Waals surface area contributed by atoms with E-state index in [4.69, 9.17) is 0 Å². The van der Waals surface area contributed by atoms with Gasteiger partial charge in [0.2, 0.25) is 0 Å². The van der Waals surface area contributed by atoms with Gasteiger partial charge in [-0.1, -0.05) is 48.5 Å². The molecule has 0 aliphatic carbocycles. The molecule has 0 radical (unpaired) electrons. The van der Waals surface area contributed by atoms with Crippen molar-refractivity contribution in [3.63, 3.8) is 0 Å². The summed E-state index contributed by atoms with van der Waals surface area (Å²) < 4.78 is 14.4. The molecule has 0 saturated carbocycles. The highest BCUT2D eigenvalue weighted by atomic mass is 32.1. The Morgan fingerprint density at radius 1 is 1.06 bits per heavy atom. The van der Waals surface area contributed by atoms with Crippen molar-refractivity contribution in [1.29, 1.82) is 0 Å². The zero-order chi connectivity index (χ0) is 22.8. The smallest absolute Gasteiger partial charge is 0.322 e. The SMILES string of the molecule is O=C1NC(=O)C(Cc2ccccc2F)(C2CCN(Cc3cnc(-c4ccccc4)s3)CC2)N1. The number of carbonyl (C=O) groups excluding carboxylic acids is 2. The Bertz CT molecular complexity index is 1160. The van der Waals surface area contributed by atoms with Gasteiger partial charge in [-0.15, -0.1) is 11.3 Å². The van der Waals surface area contributed by atoms with Crippen molar-refractivity contribution in [3.8, 4) is 10.6 Å². The van der Waals surface area contributed by atoms with Crippen LogP contribution in [-0.2, 0) is 17.8 Å². The van der Waals surface area contributed by atoms with Gasteiger partial charge in [-0.2, -0.15) is 0 Å². The second kappa shape index (κ2) is 9.03. The number of likely N-dealkylation sites (tertiary alicyclic amines) is 1. The van der Waals surface area contributed by atoms with Gasteiger partial charge < -0.3 is 5.32 Å². The number of amides is 3. The molecule has 1 aromatic heterocycles. The lowest BCUT2D eigenvalue weighted by atomic mass is 9.74. The van der Waals surface area contributed by atoms with Crippen LogP contribution in [0.3, 0.4) is 0 Å². The quantitative estimate of drug-likeness (QED) is 0.541. The summed E-state index contributed by atoms with van der Waals surface area (Å²) in [5, 5.41) is 6.25. The summed E-state index contributed by atoms with van der Waals surface area (Å²) in [4.78, 5) is 33.1. The number of urea groups is 1. The van der Waals surface area contributed by atoms with Crippen LogP contribution in [0, 0.1) is 11.7 Å². The standard InChI is InChI=1S/C25H25FN4O2S/c26-21-9-5-4-8-18(21)14-25(23(31)28-24(32)29-25)19-10-12-30(13-11-19)16-20-15-27-22(33-20)17-6-2-1-3-7-17/h1-9,15,19H,10-14,16H2,(H2,28,29,31,32). The van der Waals surface area contributed by atoms with Crippen molar-refractivity contribution in [2.24, 2.45) is 5.92 Å². The fourth-order valence-corrected chi connectivity index (χ4v) is 5.86. The minimum Gasteiger partial charge on any atom is -0.323 e. The molecule has 2 fully saturated rings. The van der Waals surface area contributed by atoms with E-state index in [1.807, 2.05) is 24.4 Å². The Kier molecular flexibility index (Phi) is 5.95. The van der Waals surface area contributed by atoms with Crippen LogP contribution in [0.15, 0.2) is 60.8 Å². The van der Waals surface area contributed by atoms with E-state index >= 15 is 0 Å². The third-order valence-corrected chi connectivity index (χ3v) is 7.67. The zero-order valence-corrected chi connectivity index (χ0v) is 18.9. The van der Waals surface area contributed by atoms with Gasteiger partial charge >= 0.3 is 6.03 Å². The molecule has 33 heavy (non-hydrogen) atoms. The monoisotopic (exact) mass is 464 g/mol. The van der Waals surface area contributed by atoms with Crippen LogP contribution in [0.5, 0.6) is 0 Å². The molecular formula is C25H25FN4O2S. The number of aromatic nitrogens is 1. The van der Waals surface area contributed by atoms with Crippen LogP contribution >= 0.6 is 11.3 Å². The van der Waals surface area contributed by atoms with E-state index in [-0.39, 0.29) is 24.1 Å². The Balaban J connectivity index is 1.27. The topological polar surface area (TPSA) is 74.3 Å². The summed E-state index contributed by atoms with van der Waals surface area (Å²) >= 11 is 1.69. The normalized spacial score (nSPS) is 21.7. The van der Waals surface area contributed by atoms with Crippen molar-refractivity contribution < 1.29 is 14.0 Å². The van der Waals surface area contributed by atoms with E-state index in [0.717, 1.165) is 43.0 Å². The molecule has 2 aliphatic rings. The van der Waals surface area contributed by atoms with Gasteiger partial charge in [-0.25, -0.2) is 14.2 Å². The van der Waals surface area contributed by atoms with E-state index in [1.54, 1.807) is 29.5 Å². The molecule has 0 bridgehead atoms. The summed E-state index contributed by atoms with van der Waals surface area (Å²) in [6.45, 7) is 2.40. The fraction of sp³-hybridized carbons (Fsp3) is 0.320. The highest BCUT2D eigenvalue weighted by molar-refractivity contribution is 7.15. The number of nitrogens with zero attached hydrogens (tertiary/aromatic N) is 2. The van der Waals surface area contributed by atoms with Gasteiger partial charge in [0.25, 0.3) is 5.91 Å². The molecule has 3 aromatic rings. The van der Waals surface area contributed by atoms with Crippen molar-refractivity contribution in [1.82, 2.24) is 20.5 Å². The number of hydrogen-bond acceptors (Lipinski definition) is 5. The third kappa shape index (κ3) is 4.41. The third-order valence-electron chi connectivity index (χ3n) is 6.63. The summed E-state index contributed by atoms with van der Waals surface area (Å²) in [5.41, 5.74) is 0.442. The van der Waals surface area contributed by atoms with Crippen molar-refractivity contribution in [2.75, 3.05) is 13.1 Å². The zero-order valence-electron chi connectivity index (χ0n) is 18.1. The van der Waals surface area contributed by atoms with Gasteiger partial charge in [-0.3, -0.25) is 15.0 Å². The predicted octanol–water partition coefficient (Wildman–Crippen LogP) is 3.98. The maximum atomic E-state index is 14.4. The molecule has 170 valence electrons. The number of rotatable bonds is 6. The van der Waals surface area contributed by atoms with Gasteiger partial charge in [-0.05, 0) is 43.5 Å². The van der Waals surface area contributed by atoms with Crippen LogP contribution in [0.25, 0.3) is 10.6 Å². The number of imide groups is 1. The Hall–Kier alpha value is -3.10. The fourth-order valence-electron chi connectivity index (χ4n) is 4.90. The maximum absolute atomic E-state index is 14.4. The average molecular weight is 465 g/mol. The first kappa shape index (κ1) is 21.7. The minimum atomic E-state index is -1.11. The van der Waals surface area contributed by atoms with Crippen LogP contribution in [0.1, 0.15) is 23.3 Å². The van der Waals surface area contributed by atoms with Crippen molar-refractivity contribution in [3.05, 3.63) is 77.1 Å². The number of benzene rings is 2. The molecule has 8 heteroatoms. The molecule has 2 aliphatic heterocycles. The first-order chi connectivity index (χ1) is 16.0. The maximum Gasteiger partial charge on any atom is 0.322 e. The van der Waals surface area contributed by atoms with E-state index in [0.29, 0.717) is 5.56 Å². The summed E-state index contributed by atoms with van der Waals surface area (Å²) in [6, 6.07) is 16.1. The summed E-state index contributed by atoms with van der Waals surface area (Å²) in [5.74, 6) is -0.784. The van der Waals surface area contributed by atoms with Gasteiger partial charge in [0.15, 0.2) is 0 Å². The number of nitrogens with one attached hydrogen (secondary N) is 2. The number of hydrogen-bond donors (Lipinski definition) is 2. The highest BCUT2D eigenvalue weighted by Crippen LogP contribution is 2.35. The number of piperidine rings is 1. The molecule has 0 spiro atoms. The number of thiazole rings is 1. The number of carbonyl (C=O) groups is 2. The first-order valence-corrected chi connectivity index (χ1v) is 11.9. The van der Waals surface area contributed by atoms with Gasteiger partial charge in [0.1, 0.15) is 16.4 Å². The largest absolute Gasteiger partial charge is 0.323 e. The highest BCUT2D eigenvalue weighted by Gasteiger charge is 2.52. The van der Waals surface area contributed by atoms with Crippen molar-refractivity contribution in [2.45, 2.75) is 31.3 Å². The molecule has 6 nitrogen and oxygen atoms in total. The molecule has 5 rings (SSSR count). The molecule has 3 amide bonds. The molecule has 1 atom stereocenters. The molecule has 3 heterocycles. The summed E-state index contributed by atoms with van der Waals surface area (Å²) in [6.07, 6.45) is 3.57. The molecule has 2 saturated heterocycles. The lowest BCUT2D eigenvalue weighted by Gasteiger charge is -2.40. The Morgan fingerprint density at radius 3 is 2.48 bits per heavy atom. The Morgan fingerprint density at radius 2 is 1.79 bits per heavy atom. The van der Waals surface area contributed by atoms with Crippen LogP contribution in [-0.4, -0.2) is 40.5 Å². The minimum absolute atomic E-state index is 0.0684. The number of halogens is 1. The van der Waals surface area contributed by atoms with E-state index in [2.05, 4.69) is 32.7 Å². The van der Waals surface area contributed by atoms with Gasteiger partial charge in [0, 0.05) is 29.6 Å². The molecule has 2 N–H and O–H groups in total. The van der Waals surface area contributed by atoms with Crippen molar-refractivity contribution >= 4 is 23.3 Å². The average Bonchev–Trinajstić information content (AvgIpc) is 3.40. The summed E-state index contributed by atoms with van der Waals surface area (Å²) in [7, 11) is 0. The van der Waals surface area contributed by atoms with Crippen LogP contribution < -0.4 is 10.6 Å². The second-order valence-corrected chi connectivity index (χ2v) is 9.81. The predicted molar refractivity (Wildman–Crippen MR) is 125 cm³/mol.